The van der Waals surface area contributed by atoms with Crippen molar-refractivity contribution in [2.75, 3.05) is 19.6 Å². The number of urea groups is 1. The molecule has 0 atom stereocenters. The molecule has 76 valence electrons. The fraction of sp³-hybridized carbons (Fsp3) is 0.300. The van der Waals surface area contributed by atoms with Gasteiger partial charge in [0.1, 0.15) is 5.82 Å². The molecule has 0 aromatic carbocycles. The first kappa shape index (κ1) is 10.4. The first-order valence-electron chi connectivity index (χ1n) is 4.49. The highest BCUT2D eigenvalue weighted by atomic mass is 16.2. The van der Waals surface area contributed by atoms with Crippen molar-refractivity contribution in [2.24, 2.45) is 0 Å². The van der Waals surface area contributed by atoms with E-state index in [1.54, 1.807) is 17.1 Å². The summed E-state index contributed by atoms with van der Waals surface area (Å²) in [7, 11) is 0. The number of nitrogens with zero attached hydrogens (tertiary/aromatic N) is 1. The summed E-state index contributed by atoms with van der Waals surface area (Å²) < 4.78 is 0. The molecule has 0 bridgehead atoms. The highest BCUT2D eigenvalue weighted by Gasteiger charge is 2.16. The Morgan fingerprint density at radius 2 is 2.36 bits per heavy atom. The van der Waals surface area contributed by atoms with Gasteiger partial charge in [0.05, 0.1) is 0 Å². The van der Waals surface area contributed by atoms with Gasteiger partial charge in [-0.3, -0.25) is 5.32 Å². The number of carbonyl (C=O) groups excluding carboxylic acids is 1. The maximum absolute atomic E-state index is 11.4. The molecular formula is C10H15N3O. The van der Waals surface area contributed by atoms with Crippen LogP contribution in [0.15, 0.2) is 37.2 Å². The van der Waals surface area contributed by atoms with E-state index in [0.29, 0.717) is 19.6 Å². The largest absolute Gasteiger partial charge is 0.368 e. The van der Waals surface area contributed by atoms with Crippen LogP contribution < -0.4 is 10.6 Å². The van der Waals surface area contributed by atoms with Gasteiger partial charge in [-0.25, -0.2) is 4.79 Å². The Bertz CT molecular complexity index is 271. The molecule has 0 aromatic heterocycles. The van der Waals surface area contributed by atoms with Crippen molar-refractivity contribution in [1.29, 1.82) is 0 Å². The minimum Gasteiger partial charge on any atom is -0.368 e. The molecule has 14 heavy (non-hydrogen) atoms. The van der Waals surface area contributed by atoms with Crippen molar-refractivity contribution in [3.63, 3.8) is 0 Å². The van der Waals surface area contributed by atoms with Crippen LogP contribution in [0.2, 0.25) is 0 Å². The Morgan fingerprint density at radius 1 is 1.57 bits per heavy atom. The van der Waals surface area contributed by atoms with Gasteiger partial charge < -0.3 is 10.2 Å². The van der Waals surface area contributed by atoms with E-state index in [0.717, 1.165) is 5.82 Å². The smallest absolute Gasteiger partial charge is 0.323 e. The second-order valence-corrected chi connectivity index (χ2v) is 2.91. The van der Waals surface area contributed by atoms with E-state index >= 15 is 0 Å². The minimum atomic E-state index is -0.0982. The average Bonchev–Trinajstić information content (AvgIpc) is 2.19. The van der Waals surface area contributed by atoms with Crippen LogP contribution in [0.5, 0.6) is 0 Å². The van der Waals surface area contributed by atoms with Gasteiger partial charge in [0.2, 0.25) is 0 Å². The molecule has 1 heterocycles. The van der Waals surface area contributed by atoms with E-state index in [9.17, 15) is 4.79 Å². The fourth-order valence-corrected chi connectivity index (χ4v) is 1.14. The minimum absolute atomic E-state index is 0.0982. The van der Waals surface area contributed by atoms with Gasteiger partial charge in [0, 0.05) is 19.6 Å². The summed E-state index contributed by atoms with van der Waals surface area (Å²) in [6, 6.07) is -0.0982. The maximum atomic E-state index is 11.4. The highest BCUT2D eigenvalue weighted by molar-refractivity contribution is 5.77. The number of amides is 2. The Balaban J connectivity index is 2.48. The van der Waals surface area contributed by atoms with E-state index in [1.807, 2.05) is 6.08 Å². The van der Waals surface area contributed by atoms with Crippen LogP contribution in [0.3, 0.4) is 0 Å². The molecule has 4 nitrogen and oxygen atoms in total. The first-order chi connectivity index (χ1) is 6.77. The van der Waals surface area contributed by atoms with E-state index in [2.05, 4.69) is 23.8 Å². The molecule has 0 radical (unpaired) electrons. The summed E-state index contributed by atoms with van der Waals surface area (Å²) in [4.78, 5) is 13.1. The summed E-state index contributed by atoms with van der Waals surface area (Å²) in [5, 5.41) is 5.75. The maximum Gasteiger partial charge on any atom is 0.323 e. The zero-order valence-electron chi connectivity index (χ0n) is 8.12. The predicted molar refractivity (Wildman–Crippen MR) is 56.6 cm³/mol. The molecule has 1 rings (SSSR count). The van der Waals surface area contributed by atoms with Crippen molar-refractivity contribution in [3.8, 4) is 0 Å². The molecule has 0 unspecified atom stereocenters. The molecule has 1 aliphatic rings. The first-order valence-corrected chi connectivity index (χ1v) is 4.49. The lowest BCUT2D eigenvalue weighted by atomic mass is 10.4. The van der Waals surface area contributed by atoms with Gasteiger partial charge in [0.25, 0.3) is 0 Å². The molecule has 0 spiro atoms. The van der Waals surface area contributed by atoms with Gasteiger partial charge in [-0.2, -0.15) is 0 Å². The van der Waals surface area contributed by atoms with Gasteiger partial charge in [-0.1, -0.05) is 12.2 Å². The number of carbonyl (C=O) groups is 1. The standard InChI is InChI=1S/C10H15N3O/c1-3-6-11-9-5-8-13(7-4-2)10(14)12-9/h3-5,11H,1-2,6-8H2,(H,12,14). The van der Waals surface area contributed by atoms with Crippen LogP contribution in [0.25, 0.3) is 0 Å². The quantitative estimate of drug-likeness (QED) is 0.635. The van der Waals surface area contributed by atoms with E-state index in [1.165, 1.54) is 0 Å². The summed E-state index contributed by atoms with van der Waals surface area (Å²) in [5.74, 6) is 0.746. The molecule has 0 saturated heterocycles. The summed E-state index contributed by atoms with van der Waals surface area (Å²) in [5.41, 5.74) is 0. The normalized spacial score (nSPS) is 15.6. The fourth-order valence-electron chi connectivity index (χ4n) is 1.14. The molecule has 0 aromatic rings. The van der Waals surface area contributed by atoms with Crippen LogP contribution >= 0.6 is 0 Å². The molecule has 1 aliphatic heterocycles. The molecule has 4 heteroatoms. The second kappa shape index (κ2) is 5.11. The van der Waals surface area contributed by atoms with Crippen LogP contribution in [-0.2, 0) is 0 Å². The van der Waals surface area contributed by atoms with Crippen LogP contribution in [-0.4, -0.2) is 30.6 Å². The van der Waals surface area contributed by atoms with Gasteiger partial charge in [-0.15, -0.1) is 13.2 Å². The molecule has 0 saturated carbocycles. The van der Waals surface area contributed by atoms with Crippen molar-refractivity contribution in [2.45, 2.75) is 0 Å². The predicted octanol–water partition coefficient (Wildman–Crippen LogP) is 0.815. The number of hydrogen-bond acceptors (Lipinski definition) is 2. The third kappa shape index (κ3) is 2.65. The molecule has 2 N–H and O–H groups in total. The Kier molecular flexibility index (Phi) is 3.79. The number of nitrogens with one attached hydrogen (secondary N) is 2. The van der Waals surface area contributed by atoms with Crippen LogP contribution in [0, 0.1) is 0 Å². The lowest BCUT2D eigenvalue weighted by Gasteiger charge is -2.26. The summed E-state index contributed by atoms with van der Waals surface area (Å²) in [6.07, 6.45) is 5.37. The third-order valence-corrected chi connectivity index (χ3v) is 1.83. The Morgan fingerprint density at radius 3 is 2.93 bits per heavy atom. The lowest BCUT2D eigenvalue weighted by molar-refractivity contribution is 0.207. The third-order valence-electron chi connectivity index (χ3n) is 1.83. The van der Waals surface area contributed by atoms with E-state index in [-0.39, 0.29) is 6.03 Å². The van der Waals surface area contributed by atoms with Gasteiger partial charge in [-0.05, 0) is 6.08 Å². The van der Waals surface area contributed by atoms with Gasteiger partial charge in [0.15, 0.2) is 0 Å². The molecule has 0 aliphatic carbocycles. The molecular weight excluding hydrogens is 178 g/mol. The van der Waals surface area contributed by atoms with E-state index < -0.39 is 0 Å². The monoisotopic (exact) mass is 193 g/mol. The molecule has 2 amide bonds. The SMILES string of the molecule is C=CCNC1=CCN(CC=C)C(=O)N1. The Labute approximate surface area is 84.0 Å². The summed E-state index contributed by atoms with van der Waals surface area (Å²) in [6.45, 7) is 8.99. The Hall–Kier alpha value is -1.71. The highest BCUT2D eigenvalue weighted by Crippen LogP contribution is 2.00. The average molecular weight is 193 g/mol. The van der Waals surface area contributed by atoms with Crippen molar-refractivity contribution in [1.82, 2.24) is 15.5 Å². The second-order valence-electron chi connectivity index (χ2n) is 2.91. The summed E-state index contributed by atoms with van der Waals surface area (Å²) >= 11 is 0. The zero-order chi connectivity index (χ0) is 10.4. The van der Waals surface area contributed by atoms with E-state index in [4.69, 9.17) is 0 Å². The van der Waals surface area contributed by atoms with Crippen molar-refractivity contribution >= 4 is 6.03 Å². The lowest BCUT2D eigenvalue weighted by Crippen LogP contribution is -2.46. The van der Waals surface area contributed by atoms with Crippen molar-refractivity contribution < 1.29 is 4.79 Å². The number of rotatable bonds is 5. The number of hydrogen-bond donors (Lipinski definition) is 2. The molecule has 0 fully saturated rings. The van der Waals surface area contributed by atoms with Crippen LogP contribution in [0.4, 0.5) is 4.79 Å². The van der Waals surface area contributed by atoms with Crippen molar-refractivity contribution in [3.05, 3.63) is 37.2 Å². The van der Waals surface area contributed by atoms with Gasteiger partial charge >= 0.3 is 6.03 Å². The van der Waals surface area contributed by atoms with Crippen LogP contribution in [0.1, 0.15) is 0 Å². The zero-order valence-corrected chi connectivity index (χ0v) is 8.12. The topological polar surface area (TPSA) is 44.4 Å².